The molecule has 3 aromatic rings. The van der Waals surface area contributed by atoms with Gasteiger partial charge in [-0.15, -0.1) is 0 Å². The van der Waals surface area contributed by atoms with E-state index < -0.39 is 37.1 Å². The Hall–Kier alpha value is -2.42. The minimum absolute atomic E-state index is 0.454. The second-order valence-electron chi connectivity index (χ2n) is 9.33. The maximum Gasteiger partial charge on any atom is 0.119 e. The minimum Gasteiger partial charge on any atom is -0.493 e. The highest BCUT2D eigenvalue weighted by Crippen LogP contribution is 2.37. The van der Waals surface area contributed by atoms with Crippen molar-refractivity contribution < 1.29 is 29.9 Å². The quantitative estimate of drug-likeness (QED) is 0.437. The van der Waals surface area contributed by atoms with E-state index in [9.17, 15) is 20.4 Å². The van der Waals surface area contributed by atoms with Crippen molar-refractivity contribution in [2.75, 3.05) is 13.2 Å². The van der Waals surface area contributed by atoms with E-state index in [0.29, 0.717) is 24.6 Å². The molecule has 7 heteroatoms. The standard InChI is InChI=1S/C26H33NO6/c1-15(2)14-32-18-7-5-17(6-8-18)11-27-12-20(19-10-16(3)4-9-21(19)27)26-25(31)24(30)23(29)22(13-28)33-26/h4-10,12,15,22-26,28-31H,11,13-14H2,1-3H3/t22-,23-,24+,25-,26+/m1/s1. The fourth-order valence-corrected chi connectivity index (χ4v) is 4.31. The summed E-state index contributed by atoms with van der Waals surface area (Å²) in [7, 11) is 0. The zero-order valence-electron chi connectivity index (χ0n) is 19.3. The molecular weight excluding hydrogens is 422 g/mol. The summed E-state index contributed by atoms with van der Waals surface area (Å²) < 4.78 is 13.7. The van der Waals surface area contributed by atoms with E-state index in [1.165, 1.54) is 0 Å². The van der Waals surface area contributed by atoms with Crippen LogP contribution in [0, 0.1) is 12.8 Å². The molecule has 0 spiro atoms. The van der Waals surface area contributed by atoms with E-state index in [-0.39, 0.29) is 0 Å². The number of fused-ring (bicyclic) bond motifs is 1. The second-order valence-corrected chi connectivity index (χ2v) is 9.33. The summed E-state index contributed by atoms with van der Waals surface area (Å²) in [6.45, 7) is 7.03. The van der Waals surface area contributed by atoms with Crippen LogP contribution in [0.5, 0.6) is 5.75 Å². The van der Waals surface area contributed by atoms with Crippen LogP contribution in [0.25, 0.3) is 10.9 Å². The second kappa shape index (κ2) is 9.83. The Kier molecular flexibility index (Phi) is 7.07. The molecule has 0 amide bonds. The summed E-state index contributed by atoms with van der Waals surface area (Å²) in [6.07, 6.45) is -4.03. The highest BCUT2D eigenvalue weighted by Gasteiger charge is 2.44. The minimum atomic E-state index is -1.41. The van der Waals surface area contributed by atoms with Gasteiger partial charge in [0, 0.05) is 29.2 Å². The molecule has 178 valence electrons. The first-order valence-electron chi connectivity index (χ1n) is 11.4. The van der Waals surface area contributed by atoms with Crippen LogP contribution >= 0.6 is 0 Å². The van der Waals surface area contributed by atoms with Gasteiger partial charge in [-0.05, 0) is 42.7 Å². The Balaban J connectivity index is 1.66. The molecule has 5 atom stereocenters. The smallest absolute Gasteiger partial charge is 0.119 e. The zero-order valence-corrected chi connectivity index (χ0v) is 19.3. The number of nitrogens with zero attached hydrogens (tertiary/aromatic N) is 1. The van der Waals surface area contributed by atoms with Crippen molar-refractivity contribution in [3.05, 3.63) is 65.4 Å². The summed E-state index contributed by atoms with van der Waals surface area (Å²) in [5.41, 5.74) is 3.82. The predicted octanol–water partition coefficient (Wildman–Crippen LogP) is 2.55. The Morgan fingerprint density at radius 2 is 1.73 bits per heavy atom. The Morgan fingerprint density at radius 1 is 1.00 bits per heavy atom. The lowest BCUT2D eigenvalue weighted by Crippen LogP contribution is -2.55. The van der Waals surface area contributed by atoms with Crippen LogP contribution in [-0.2, 0) is 11.3 Å². The maximum atomic E-state index is 10.7. The van der Waals surface area contributed by atoms with Crippen molar-refractivity contribution in [3.63, 3.8) is 0 Å². The number of benzene rings is 2. The van der Waals surface area contributed by atoms with Gasteiger partial charge in [0.1, 0.15) is 36.3 Å². The fourth-order valence-electron chi connectivity index (χ4n) is 4.31. The highest BCUT2D eigenvalue weighted by molar-refractivity contribution is 5.85. The average molecular weight is 456 g/mol. The van der Waals surface area contributed by atoms with E-state index >= 15 is 0 Å². The number of ether oxygens (including phenoxy) is 2. The summed E-state index contributed by atoms with van der Waals surface area (Å²) in [6, 6.07) is 14.1. The molecule has 33 heavy (non-hydrogen) atoms. The molecule has 1 aliphatic heterocycles. The largest absolute Gasteiger partial charge is 0.493 e. The van der Waals surface area contributed by atoms with Crippen molar-refractivity contribution in [2.24, 2.45) is 5.92 Å². The zero-order chi connectivity index (χ0) is 23.7. The van der Waals surface area contributed by atoms with Gasteiger partial charge in [0.2, 0.25) is 0 Å². The van der Waals surface area contributed by atoms with Gasteiger partial charge in [-0.1, -0.05) is 37.6 Å². The third-order valence-electron chi connectivity index (χ3n) is 6.13. The van der Waals surface area contributed by atoms with Gasteiger partial charge in [-0.3, -0.25) is 0 Å². The van der Waals surface area contributed by atoms with E-state index in [4.69, 9.17) is 9.47 Å². The summed E-state index contributed by atoms with van der Waals surface area (Å²) in [5.74, 6) is 1.29. The number of hydrogen-bond acceptors (Lipinski definition) is 6. The molecule has 0 aliphatic carbocycles. The summed E-state index contributed by atoms with van der Waals surface area (Å²) in [4.78, 5) is 0. The molecule has 7 nitrogen and oxygen atoms in total. The molecule has 0 radical (unpaired) electrons. The first kappa shape index (κ1) is 23.7. The molecule has 1 saturated heterocycles. The van der Waals surface area contributed by atoms with Crippen LogP contribution in [0.4, 0.5) is 0 Å². The molecular formula is C26H33NO6. The van der Waals surface area contributed by atoms with Crippen molar-refractivity contribution in [1.82, 2.24) is 4.57 Å². The summed E-state index contributed by atoms with van der Waals surface area (Å²) in [5, 5.41) is 41.6. The van der Waals surface area contributed by atoms with E-state index in [0.717, 1.165) is 27.8 Å². The molecule has 0 bridgehead atoms. The molecule has 2 aromatic carbocycles. The van der Waals surface area contributed by atoms with Crippen molar-refractivity contribution in [1.29, 1.82) is 0 Å². The van der Waals surface area contributed by atoms with Gasteiger partial charge in [-0.25, -0.2) is 0 Å². The number of aliphatic hydroxyl groups is 4. The number of rotatable bonds is 7. The Bertz CT molecular complexity index is 1070. The van der Waals surface area contributed by atoms with E-state index in [1.807, 2.05) is 55.6 Å². The molecule has 0 saturated carbocycles. The van der Waals surface area contributed by atoms with Crippen molar-refractivity contribution >= 4 is 10.9 Å². The monoisotopic (exact) mass is 455 g/mol. The van der Waals surface area contributed by atoms with Crippen LogP contribution in [0.15, 0.2) is 48.7 Å². The van der Waals surface area contributed by atoms with Gasteiger partial charge in [-0.2, -0.15) is 0 Å². The van der Waals surface area contributed by atoms with Crippen LogP contribution in [0.1, 0.15) is 36.6 Å². The first-order valence-corrected chi connectivity index (χ1v) is 11.4. The fraction of sp³-hybridized carbons (Fsp3) is 0.462. The molecule has 1 fully saturated rings. The number of aromatic nitrogens is 1. The lowest BCUT2D eigenvalue weighted by atomic mass is 9.91. The molecule has 4 rings (SSSR count). The van der Waals surface area contributed by atoms with Crippen LogP contribution < -0.4 is 4.74 Å². The van der Waals surface area contributed by atoms with Crippen molar-refractivity contribution in [3.8, 4) is 5.75 Å². The first-order chi connectivity index (χ1) is 15.8. The number of aryl methyl sites for hydroxylation is 1. The maximum absolute atomic E-state index is 10.7. The normalized spacial score (nSPS) is 25.6. The van der Waals surface area contributed by atoms with Crippen LogP contribution in [0.3, 0.4) is 0 Å². The van der Waals surface area contributed by atoms with Crippen molar-refractivity contribution in [2.45, 2.75) is 57.8 Å². The lowest BCUT2D eigenvalue weighted by Gasteiger charge is -2.40. The third kappa shape index (κ3) is 4.93. The molecule has 2 heterocycles. The summed E-state index contributed by atoms with van der Waals surface area (Å²) >= 11 is 0. The van der Waals surface area contributed by atoms with E-state index in [1.54, 1.807) is 0 Å². The van der Waals surface area contributed by atoms with Gasteiger partial charge in [0.15, 0.2) is 0 Å². The SMILES string of the molecule is Cc1ccc2c(c1)c([C@@H]1O[C@H](CO)[C@@H](O)[C@H](O)[C@H]1O)cn2Cc1ccc(OCC(C)C)cc1. The van der Waals surface area contributed by atoms with Gasteiger partial charge < -0.3 is 34.5 Å². The van der Waals surface area contributed by atoms with Gasteiger partial charge in [0.25, 0.3) is 0 Å². The van der Waals surface area contributed by atoms with E-state index in [2.05, 4.69) is 18.4 Å². The molecule has 0 unspecified atom stereocenters. The predicted molar refractivity (Wildman–Crippen MR) is 125 cm³/mol. The number of hydrogen-bond donors (Lipinski definition) is 4. The molecule has 1 aromatic heterocycles. The lowest BCUT2D eigenvalue weighted by molar-refractivity contribution is -0.231. The molecule has 1 aliphatic rings. The van der Waals surface area contributed by atoms with Crippen LogP contribution in [-0.4, -0.2) is 62.6 Å². The molecule has 4 N–H and O–H groups in total. The highest BCUT2D eigenvalue weighted by atomic mass is 16.5. The van der Waals surface area contributed by atoms with Gasteiger partial charge in [0.05, 0.1) is 13.2 Å². The Labute approximate surface area is 193 Å². The number of aliphatic hydroxyl groups excluding tert-OH is 4. The third-order valence-corrected chi connectivity index (χ3v) is 6.13. The average Bonchev–Trinajstić information content (AvgIpc) is 3.14. The van der Waals surface area contributed by atoms with Gasteiger partial charge >= 0.3 is 0 Å². The topological polar surface area (TPSA) is 104 Å². The van der Waals surface area contributed by atoms with Crippen LogP contribution in [0.2, 0.25) is 0 Å². The Morgan fingerprint density at radius 3 is 2.39 bits per heavy atom.